The number of sulfone groups is 1. The molecular formula is C7H14F3NO3S. The van der Waals surface area contributed by atoms with Crippen LogP contribution in [0.15, 0.2) is 0 Å². The lowest BCUT2D eigenvalue weighted by Crippen LogP contribution is -2.36. The highest BCUT2D eigenvalue weighted by molar-refractivity contribution is 7.91. The SMILES string of the molecule is CCS(=O)(=O)CC(C)NOCC(F)(F)F. The maximum Gasteiger partial charge on any atom is 0.413 e. The molecule has 92 valence electrons. The Hall–Kier alpha value is -0.340. The lowest BCUT2D eigenvalue weighted by atomic mass is 10.4. The molecule has 0 aliphatic carbocycles. The van der Waals surface area contributed by atoms with Gasteiger partial charge in [0.2, 0.25) is 0 Å². The Morgan fingerprint density at radius 2 is 1.93 bits per heavy atom. The highest BCUT2D eigenvalue weighted by atomic mass is 32.2. The van der Waals surface area contributed by atoms with Crippen molar-refractivity contribution in [1.29, 1.82) is 0 Å². The first-order valence-corrected chi connectivity index (χ1v) is 6.13. The van der Waals surface area contributed by atoms with Gasteiger partial charge in [-0.3, -0.25) is 4.84 Å². The molecule has 0 saturated heterocycles. The van der Waals surface area contributed by atoms with Gasteiger partial charge < -0.3 is 0 Å². The lowest BCUT2D eigenvalue weighted by molar-refractivity contribution is -0.191. The van der Waals surface area contributed by atoms with E-state index in [0.717, 1.165) is 0 Å². The van der Waals surface area contributed by atoms with Gasteiger partial charge >= 0.3 is 6.18 Å². The minimum atomic E-state index is -4.42. The topological polar surface area (TPSA) is 55.4 Å². The Balaban J connectivity index is 3.82. The number of rotatable bonds is 6. The zero-order valence-corrected chi connectivity index (χ0v) is 9.28. The van der Waals surface area contributed by atoms with Crippen molar-refractivity contribution < 1.29 is 26.4 Å². The summed E-state index contributed by atoms with van der Waals surface area (Å²) in [7, 11) is -3.21. The number of hydrogen-bond acceptors (Lipinski definition) is 4. The van der Waals surface area contributed by atoms with Gasteiger partial charge in [0, 0.05) is 11.8 Å². The molecule has 1 atom stereocenters. The molecule has 0 aromatic carbocycles. The maximum atomic E-state index is 11.6. The van der Waals surface area contributed by atoms with E-state index in [4.69, 9.17) is 0 Å². The molecule has 8 heteroatoms. The predicted octanol–water partition coefficient (Wildman–Crippen LogP) is 0.893. The fraction of sp³-hybridized carbons (Fsp3) is 1.00. The molecule has 1 unspecified atom stereocenters. The van der Waals surface area contributed by atoms with Gasteiger partial charge in [-0.25, -0.2) is 8.42 Å². The van der Waals surface area contributed by atoms with E-state index in [-0.39, 0.29) is 11.5 Å². The monoisotopic (exact) mass is 249 g/mol. The van der Waals surface area contributed by atoms with E-state index in [1.54, 1.807) is 0 Å². The molecule has 4 nitrogen and oxygen atoms in total. The molecule has 0 aromatic heterocycles. The summed E-state index contributed by atoms with van der Waals surface area (Å²) in [6.45, 7) is 1.46. The minimum Gasteiger partial charge on any atom is -0.292 e. The largest absolute Gasteiger partial charge is 0.413 e. The first-order chi connectivity index (χ1) is 6.66. The molecule has 0 spiro atoms. The molecule has 0 rings (SSSR count). The van der Waals surface area contributed by atoms with Crippen molar-refractivity contribution in [2.75, 3.05) is 18.1 Å². The van der Waals surface area contributed by atoms with Crippen molar-refractivity contribution in [2.24, 2.45) is 0 Å². The van der Waals surface area contributed by atoms with Gasteiger partial charge in [0.25, 0.3) is 0 Å². The summed E-state index contributed by atoms with van der Waals surface area (Å²) in [5.41, 5.74) is 2.03. The zero-order chi connectivity index (χ0) is 12.1. The van der Waals surface area contributed by atoms with Gasteiger partial charge in [-0.05, 0) is 6.92 Å². The van der Waals surface area contributed by atoms with Gasteiger partial charge in [0.05, 0.1) is 5.75 Å². The van der Waals surface area contributed by atoms with Crippen LogP contribution in [0.3, 0.4) is 0 Å². The number of hydrogen-bond donors (Lipinski definition) is 1. The number of hydroxylamine groups is 1. The first-order valence-electron chi connectivity index (χ1n) is 4.31. The average molecular weight is 249 g/mol. The van der Waals surface area contributed by atoms with E-state index in [9.17, 15) is 21.6 Å². The third kappa shape index (κ3) is 8.64. The van der Waals surface area contributed by atoms with Crippen molar-refractivity contribution in [1.82, 2.24) is 5.48 Å². The number of nitrogens with one attached hydrogen (secondary N) is 1. The second-order valence-electron chi connectivity index (χ2n) is 3.12. The van der Waals surface area contributed by atoms with E-state index in [1.165, 1.54) is 13.8 Å². The van der Waals surface area contributed by atoms with Crippen molar-refractivity contribution in [3.8, 4) is 0 Å². The van der Waals surface area contributed by atoms with Crippen molar-refractivity contribution >= 4 is 9.84 Å². The summed E-state index contributed by atoms with van der Waals surface area (Å²) in [5.74, 6) is -0.292. The Kier molecular flexibility index (Phi) is 5.54. The second kappa shape index (κ2) is 5.66. The van der Waals surface area contributed by atoms with Gasteiger partial charge in [0.1, 0.15) is 0 Å². The molecule has 1 N–H and O–H groups in total. The molecule has 15 heavy (non-hydrogen) atoms. The molecule has 0 amide bonds. The summed E-state index contributed by atoms with van der Waals surface area (Å²) in [4.78, 5) is 4.11. The van der Waals surface area contributed by atoms with Crippen LogP contribution < -0.4 is 5.48 Å². The Labute approximate surface area is 86.7 Å². The van der Waals surface area contributed by atoms with Crippen LogP contribution in [0.1, 0.15) is 13.8 Å². The Bertz CT molecular complexity index is 276. The van der Waals surface area contributed by atoms with Crippen LogP contribution in [-0.2, 0) is 14.7 Å². The summed E-state index contributed by atoms with van der Waals surface area (Å²) < 4.78 is 57.0. The van der Waals surface area contributed by atoms with Gasteiger partial charge in [0.15, 0.2) is 16.4 Å². The van der Waals surface area contributed by atoms with E-state index in [0.29, 0.717) is 0 Å². The Morgan fingerprint density at radius 3 is 2.33 bits per heavy atom. The fourth-order valence-corrected chi connectivity index (χ4v) is 1.86. The van der Waals surface area contributed by atoms with Crippen LogP contribution in [0.4, 0.5) is 13.2 Å². The molecule has 0 aromatic rings. The molecular weight excluding hydrogens is 235 g/mol. The molecule has 0 aliphatic heterocycles. The van der Waals surface area contributed by atoms with E-state index >= 15 is 0 Å². The van der Waals surface area contributed by atoms with E-state index in [1.807, 2.05) is 5.48 Å². The van der Waals surface area contributed by atoms with Gasteiger partial charge in [-0.15, -0.1) is 0 Å². The number of halogens is 3. The number of alkyl halides is 3. The van der Waals surface area contributed by atoms with Gasteiger partial charge in [-0.2, -0.15) is 18.7 Å². The van der Waals surface area contributed by atoms with Crippen LogP contribution in [-0.4, -0.2) is 38.7 Å². The standard InChI is InChI=1S/C7H14F3NO3S/c1-3-15(12,13)4-6(2)11-14-5-7(8,9)10/h6,11H,3-5H2,1-2H3. The van der Waals surface area contributed by atoms with Crippen molar-refractivity contribution in [2.45, 2.75) is 26.1 Å². The van der Waals surface area contributed by atoms with E-state index in [2.05, 4.69) is 4.84 Å². The summed E-state index contributed by atoms with van der Waals surface area (Å²) in [6.07, 6.45) is -4.42. The maximum absolute atomic E-state index is 11.6. The third-order valence-corrected chi connectivity index (χ3v) is 3.35. The molecule has 0 heterocycles. The summed E-state index contributed by atoms with van der Waals surface area (Å²) in [6, 6.07) is -0.669. The first kappa shape index (κ1) is 14.7. The van der Waals surface area contributed by atoms with Crippen LogP contribution in [0.5, 0.6) is 0 Å². The normalized spacial score (nSPS) is 15.3. The molecule has 0 fully saturated rings. The molecule has 0 radical (unpaired) electrons. The van der Waals surface area contributed by atoms with Crippen LogP contribution in [0.25, 0.3) is 0 Å². The van der Waals surface area contributed by atoms with Gasteiger partial charge in [-0.1, -0.05) is 6.92 Å². The van der Waals surface area contributed by atoms with E-state index < -0.39 is 28.7 Å². The summed E-state index contributed by atoms with van der Waals surface area (Å²) >= 11 is 0. The van der Waals surface area contributed by atoms with Crippen LogP contribution >= 0.6 is 0 Å². The lowest BCUT2D eigenvalue weighted by Gasteiger charge is -2.14. The fourth-order valence-electron chi connectivity index (χ4n) is 0.799. The summed E-state index contributed by atoms with van der Waals surface area (Å²) in [5, 5.41) is 0. The molecule has 0 bridgehead atoms. The van der Waals surface area contributed by atoms with Crippen molar-refractivity contribution in [3.63, 3.8) is 0 Å². The quantitative estimate of drug-likeness (QED) is 0.710. The minimum absolute atomic E-state index is 0.0434. The highest BCUT2D eigenvalue weighted by Crippen LogP contribution is 2.13. The third-order valence-electron chi connectivity index (χ3n) is 1.46. The average Bonchev–Trinajstić information content (AvgIpc) is 2.00. The smallest absolute Gasteiger partial charge is 0.292 e. The molecule has 0 aliphatic rings. The van der Waals surface area contributed by atoms with Crippen molar-refractivity contribution in [3.05, 3.63) is 0 Å². The Morgan fingerprint density at radius 1 is 1.40 bits per heavy atom. The predicted molar refractivity (Wildman–Crippen MR) is 48.9 cm³/mol. The van der Waals surface area contributed by atoms with Crippen LogP contribution in [0.2, 0.25) is 0 Å². The zero-order valence-electron chi connectivity index (χ0n) is 8.47. The highest BCUT2D eigenvalue weighted by Gasteiger charge is 2.28. The van der Waals surface area contributed by atoms with Crippen LogP contribution in [0, 0.1) is 0 Å². The second-order valence-corrected chi connectivity index (χ2v) is 5.52. The molecule has 0 saturated carbocycles.